The second kappa shape index (κ2) is 13.5. The summed E-state index contributed by atoms with van der Waals surface area (Å²) in [5, 5.41) is 0. The SMILES string of the molecule is CC1(C)c2ccccc2-c2c(N(c3ccc(-c4ccccc4)cc3)c3ccc(-c4cccc5c4C4CC4c4ccccc4C54C5CCC6CC7CC8CC6C4C(C8)C7C5)cc3)cccc21. The number of benzene rings is 7. The summed E-state index contributed by atoms with van der Waals surface area (Å²) in [6, 6.07) is 63.8. The third-order valence-corrected chi connectivity index (χ3v) is 19.8. The minimum atomic E-state index is -0.0775. The molecule has 16 rings (SSSR count). The van der Waals surface area contributed by atoms with Crippen molar-refractivity contribution >= 4 is 17.1 Å². The molecule has 11 atom stereocenters. The molecule has 9 aliphatic rings. The number of hydrogen-bond donors (Lipinski definition) is 0. The normalized spacial score (nSPS) is 31.8. The fraction of sp³-hybridized carbons (Fsp3) is 0.344. The van der Waals surface area contributed by atoms with Crippen LogP contribution in [-0.2, 0) is 10.8 Å². The summed E-state index contributed by atoms with van der Waals surface area (Å²) in [7, 11) is 0. The minimum absolute atomic E-state index is 0.0775. The van der Waals surface area contributed by atoms with E-state index in [4.69, 9.17) is 0 Å². The van der Waals surface area contributed by atoms with Crippen LogP contribution < -0.4 is 4.90 Å². The van der Waals surface area contributed by atoms with Crippen molar-refractivity contribution in [2.75, 3.05) is 4.90 Å². The molecule has 11 unspecified atom stereocenters. The maximum absolute atomic E-state index is 2.69. The molecule has 320 valence electrons. The van der Waals surface area contributed by atoms with Gasteiger partial charge in [-0.3, -0.25) is 0 Å². The van der Waals surface area contributed by atoms with Gasteiger partial charge in [0.15, 0.2) is 0 Å². The average Bonchev–Trinajstić information content (AvgIpc) is 4.15. The Labute approximate surface area is 386 Å². The zero-order valence-corrected chi connectivity index (χ0v) is 38.0. The Morgan fingerprint density at radius 3 is 1.94 bits per heavy atom. The first-order chi connectivity index (χ1) is 32.0. The molecule has 8 bridgehead atoms. The van der Waals surface area contributed by atoms with Crippen LogP contribution in [0.4, 0.5) is 17.1 Å². The van der Waals surface area contributed by atoms with Crippen molar-refractivity contribution in [3.63, 3.8) is 0 Å². The second-order valence-electron chi connectivity index (χ2n) is 22.7. The molecular weight excluding hydrogens is 783 g/mol. The number of hydrogen-bond acceptors (Lipinski definition) is 1. The molecule has 0 amide bonds. The molecule has 1 spiro atoms. The monoisotopic (exact) mass is 841 g/mol. The van der Waals surface area contributed by atoms with E-state index in [2.05, 4.69) is 183 Å². The number of anilines is 3. The first-order valence-electron chi connectivity index (χ1n) is 25.5. The van der Waals surface area contributed by atoms with Crippen LogP contribution in [0.3, 0.4) is 0 Å². The summed E-state index contributed by atoms with van der Waals surface area (Å²) in [5.74, 6) is 8.46. The Bertz CT molecular complexity index is 3050. The lowest BCUT2D eigenvalue weighted by molar-refractivity contribution is -0.0797. The largest absolute Gasteiger partial charge is 0.310 e. The summed E-state index contributed by atoms with van der Waals surface area (Å²) in [5.41, 5.74) is 21.5. The van der Waals surface area contributed by atoms with E-state index in [-0.39, 0.29) is 10.8 Å². The van der Waals surface area contributed by atoms with Gasteiger partial charge >= 0.3 is 0 Å². The molecule has 0 aromatic heterocycles. The summed E-state index contributed by atoms with van der Waals surface area (Å²) < 4.78 is 0. The molecule has 0 N–H and O–H groups in total. The predicted molar refractivity (Wildman–Crippen MR) is 267 cm³/mol. The first kappa shape index (κ1) is 37.5. The fourth-order valence-electron chi connectivity index (χ4n) is 17.5. The molecule has 65 heavy (non-hydrogen) atoms. The Kier molecular flexibility index (Phi) is 7.78. The fourth-order valence-corrected chi connectivity index (χ4v) is 17.5. The molecule has 0 heterocycles. The zero-order valence-electron chi connectivity index (χ0n) is 38.0. The highest BCUT2D eigenvalue weighted by Gasteiger charge is 2.69. The average molecular weight is 842 g/mol. The molecule has 7 saturated carbocycles. The highest BCUT2D eigenvalue weighted by molar-refractivity contribution is 5.95. The summed E-state index contributed by atoms with van der Waals surface area (Å²) in [6.45, 7) is 4.79. The number of fused-ring (bicyclic) bond motifs is 8. The van der Waals surface area contributed by atoms with E-state index in [0.29, 0.717) is 11.8 Å². The van der Waals surface area contributed by atoms with Crippen molar-refractivity contribution in [1.82, 2.24) is 0 Å². The summed E-state index contributed by atoms with van der Waals surface area (Å²) >= 11 is 0. The van der Waals surface area contributed by atoms with Gasteiger partial charge in [-0.25, -0.2) is 0 Å². The second-order valence-corrected chi connectivity index (χ2v) is 22.7. The first-order valence-corrected chi connectivity index (χ1v) is 25.5. The summed E-state index contributed by atoms with van der Waals surface area (Å²) in [6.07, 6.45) is 11.8. The maximum atomic E-state index is 2.69. The molecule has 7 fully saturated rings. The van der Waals surface area contributed by atoms with Crippen LogP contribution >= 0.6 is 0 Å². The van der Waals surface area contributed by atoms with Crippen LogP contribution in [-0.4, -0.2) is 0 Å². The lowest BCUT2D eigenvalue weighted by Gasteiger charge is -2.63. The van der Waals surface area contributed by atoms with E-state index < -0.39 is 0 Å². The van der Waals surface area contributed by atoms with E-state index in [1.165, 1.54) is 107 Å². The molecule has 7 aromatic rings. The van der Waals surface area contributed by atoms with Crippen molar-refractivity contribution < 1.29 is 0 Å². The number of rotatable bonds is 5. The van der Waals surface area contributed by atoms with Crippen molar-refractivity contribution in [1.29, 1.82) is 0 Å². The van der Waals surface area contributed by atoms with Gasteiger partial charge in [-0.1, -0.05) is 147 Å². The Balaban J connectivity index is 0.895. The van der Waals surface area contributed by atoms with Gasteiger partial charge in [0, 0.05) is 27.8 Å². The molecular formula is C64H59N. The molecule has 0 saturated heterocycles. The zero-order chi connectivity index (χ0) is 42.8. The van der Waals surface area contributed by atoms with E-state index in [1.807, 2.05) is 0 Å². The van der Waals surface area contributed by atoms with Crippen LogP contribution in [0, 0.1) is 47.3 Å². The van der Waals surface area contributed by atoms with Gasteiger partial charge in [0.05, 0.1) is 5.69 Å². The standard InChI is InChI=1S/C64H59N/c1-63(2)55-17-8-7-15-49(55)61-57(63)19-11-21-59(61)65(45-28-23-40(24-29-45)39-12-4-3-5-13-39)46-30-25-41(26-31-46)47-16-10-20-58-60(47)53-37-52(53)48-14-6-9-18-56(48)64(58)44-27-22-42-35-43-32-38-33-51(42)62(64)54(34-38)50(43)36-44/h3-21,23-26,28-31,38,42-44,50-54,62H,22,27,32-37H2,1-2H3. The molecule has 0 radical (unpaired) electrons. The van der Waals surface area contributed by atoms with Crippen LogP contribution in [0.15, 0.2) is 164 Å². The smallest absolute Gasteiger partial charge is 0.0543 e. The van der Waals surface area contributed by atoms with Crippen LogP contribution in [0.5, 0.6) is 0 Å². The van der Waals surface area contributed by atoms with Gasteiger partial charge in [-0.05, 0) is 202 Å². The van der Waals surface area contributed by atoms with E-state index in [9.17, 15) is 0 Å². The molecule has 0 aliphatic heterocycles. The van der Waals surface area contributed by atoms with Crippen LogP contribution in [0.2, 0.25) is 0 Å². The quantitative estimate of drug-likeness (QED) is 0.167. The molecule has 1 heteroatoms. The molecule has 1 nitrogen and oxygen atoms in total. The van der Waals surface area contributed by atoms with Gasteiger partial charge in [-0.2, -0.15) is 0 Å². The Morgan fingerprint density at radius 1 is 0.446 bits per heavy atom. The highest BCUT2D eigenvalue weighted by atomic mass is 15.1. The lowest BCUT2D eigenvalue weighted by atomic mass is 9.41. The summed E-state index contributed by atoms with van der Waals surface area (Å²) in [4.78, 5) is 2.54. The topological polar surface area (TPSA) is 3.24 Å². The molecule has 7 aromatic carbocycles. The van der Waals surface area contributed by atoms with Crippen LogP contribution in [0.25, 0.3) is 33.4 Å². The molecule has 9 aliphatic carbocycles. The van der Waals surface area contributed by atoms with Gasteiger partial charge < -0.3 is 4.90 Å². The number of nitrogens with zero attached hydrogens (tertiary/aromatic N) is 1. The van der Waals surface area contributed by atoms with Crippen LogP contribution in [0.1, 0.15) is 110 Å². The third-order valence-electron chi connectivity index (χ3n) is 19.8. The lowest BCUT2D eigenvalue weighted by Crippen LogP contribution is -2.58. The van der Waals surface area contributed by atoms with Gasteiger partial charge in [0.1, 0.15) is 0 Å². The predicted octanol–water partition coefficient (Wildman–Crippen LogP) is 16.4. The van der Waals surface area contributed by atoms with E-state index >= 15 is 0 Å². The Morgan fingerprint density at radius 2 is 1.11 bits per heavy atom. The highest BCUT2D eigenvalue weighted by Crippen LogP contribution is 2.76. The van der Waals surface area contributed by atoms with Gasteiger partial charge in [-0.15, -0.1) is 0 Å². The van der Waals surface area contributed by atoms with E-state index in [1.54, 1.807) is 28.7 Å². The van der Waals surface area contributed by atoms with Crippen molar-refractivity contribution in [2.24, 2.45) is 47.3 Å². The van der Waals surface area contributed by atoms with Crippen molar-refractivity contribution in [2.45, 2.75) is 87.9 Å². The Hall–Kier alpha value is -5.66. The van der Waals surface area contributed by atoms with Gasteiger partial charge in [0.25, 0.3) is 0 Å². The minimum Gasteiger partial charge on any atom is -0.310 e. The van der Waals surface area contributed by atoms with Gasteiger partial charge in [0.2, 0.25) is 0 Å². The van der Waals surface area contributed by atoms with Crippen molar-refractivity contribution in [3.8, 4) is 33.4 Å². The van der Waals surface area contributed by atoms with E-state index in [0.717, 1.165) is 47.3 Å². The maximum Gasteiger partial charge on any atom is 0.0543 e. The third kappa shape index (κ3) is 5.06. The van der Waals surface area contributed by atoms with Crippen molar-refractivity contribution in [3.05, 3.63) is 197 Å².